The number of carbonyl (C=O) groups is 1. The number of rotatable bonds is 8. The number of nitrogens with one attached hydrogen (secondary N) is 1. The van der Waals surface area contributed by atoms with Gasteiger partial charge in [0.2, 0.25) is 5.91 Å². The lowest BCUT2D eigenvalue weighted by Gasteiger charge is -2.21. The summed E-state index contributed by atoms with van der Waals surface area (Å²) in [5.41, 5.74) is 2.31. The van der Waals surface area contributed by atoms with Crippen molar-refractivity contribution in [1.82, 2.24) is 4.90 Å². The van der Waals surface area contributed by atoms with E-state index in [1.807, 2.05) is 12.1 Å². The number of anilines is 1. The maximum absolute atomic E-state index is 12.1. The minimum atomic E-state index is 0.0979. The first-order valence-electron chi connectivity index (χ1n) is 8.49. The number of carbonyl (C=O) groups excluding carboxylic acids is 1. The fourth-order valence-corrected chi connectivity index (χ4v) is 2.50. The number of benzene rings is 1. The lowest BCUT2D eigenvalue weighted by atomic mass is 9.87. The van der Waals surface area contributed by atoms with Crippen LogP contribution in [0.4, 0.5) is 5.69 Å². The first-order valence-corrected chi connectivity index (χ1v) is 8.49. The minimum Gasteiger partial charge on any atom is -0.326 e. The number of hydrogen-bond donors (Lipinski definition) is 1. The van der Waals surface area contributed by atoms with E-state index in [1.54, 1.807) is 0 Å². The normalized spacial score (nSPS) is 11.7. The van der Waals surface area contributed by atoms with Crippen LogP contribution in [0.1, 0.15) is 59.4 Å². The molecule has 22 heavy (non-hydrogen) atoms. The highest BCUT2D eigenvalue weighted by atomic mass is 16.1. The largest absolute Gasteiger partial charge is 0.326 e. The summed E-state index contributed by atoms with van der Waals surface area (Å²) in [6.45, 7) is 13.9. The van der Waals surface area contributed by atoms with E-state index in [1.165, 1.54) is 5.56 Å². The van der Waals surface area contributed by atoms with Gasteiger partial charge in [-0.15, -0.1) is 0 Å². The van der Waals surface area contributed by atoms with Gasteiger partial charge in [-0.25, -0.2) is 0 Å². The third-order valence-corrected chi connectivity index (χ3v) is 3.77. The topological polar surface area (TPSA) is 32.3 Å². The Labute approximate surface area is 136 Å². The quantitative estimate of drug-likeness (QED) is 0.770. The SMILES string of the molecule is CCCN(CCC)CCC(=O)Nc1ccc(C(C)(C)C)cc1. The summed E-state index contributed by atoms with van der Waals surface area (Å²) >= 11 is 0. The van der Waals surface area contributed by atoms with Gasteiger partial charge in [0, 0.05) is 18.7 Å². The average molecular weight is 304 g/mol. The van der Waals surface area contributed by atoms with Crippen molar-refractivity contribution in [3.8, 4) is 0 Å². The van der Waals surface area contributed by atoms with Crippen LogP contribution in [0.2, 0.25) is 0 Å². The molecule has 0 spiro atoms. The summed E-state index contributed by atoms with van der Waals surface area (Å²) < 4.78 is 0. The van der Waals surface area contributed by atoms with Gasteiger partial charge in [0.1, 0.15) is 0 Å². The molecule has 0 fully saturated rings. The summed E-state index contributed by atoms with van der Waals surface area (Å²) in [4.78, 5) is 14.4. The summed E-state index contributed by atoms with van der Waals surface area (Å²) in [6, 6.07) is 8.18. The van der Waals surface area contributed by atoms with Gasteiger partial charge in [-0.05, 0) is 49.0 Å². The molecule has 0 unspecified atom stereocenters. The smallest absolute Gasteiger partial charge is 0.225 e. The van der Waals surface area contributed by atoms with Crippen LogP contribution in [0.15, 0.2) is 24.3 Å². The molecule has 3 nitrogen and oxygen atoms in total. The zero-order chi connectivity index (χ0) is 16.6. The van der Waals surface area contributed by atoms with Gasteiger partial charge in [0.25, 0.3) is 0 Å². The second-order valence-electron chi connectivity index (χ2n) is 6.97. The van der Waals surface area contributed by atoms with E-state index in [4.69, 9.17) is 0 Å². The lowest BCUT2D eigenvalue weighted by Crippen LogP contribution is -2.29. The highest BCUT2D eigenvalue weighted by molar-refractivity contribution is 5.90. The first-order chi connectivity index (χ1) is 10.4. The van der Waals surface area contributed by atoms with Crippen molar-refractivity contribution in [2.75, 3.05) is 25.0 Å². The van der Waals surface area contributed by atoms with Crippen molar-refractivity contribution in [1.29, 1.82) is 0 Å². The minimum absolute atomic E-state index is 0.0979. The van der Waals surface area contributed by atoms with Gasteiger partial charge in [0.15, 0.2) is 0 Å². The Morgan fingerprint density at radius 2 is 1.55 bits per heavy atom. The molecule has 0 saturated carbocycles. The standard InChI is InChI=1S/C19H32N2O/c1-6-13-21(14-7-2)15-12-18(22)20-17-10-8-16(9-11-17)19(3,4)5/h8-11H,6-7,12-15H2,1-5H3,(H,20,22). The van der Waals surface area contributed by atoms with E-state index >= 15 is 0 Å². The van der Waals surface area contributed by atoms with Gasteiger partial charge < -0.3 is 10.2 Å². The Hall–Kier alpha value is -1.35. The maximum atomic E-state index is 12.1. The molecule has 0 aromatic heterocycles. The molecule has 0 bridgehead atoms. The van der Waals surface area contributed by atoms with E-state index in [0.717, 1.165) is 38.2 Å². The van der Waals surface area contributed by atoms with E-state index in [-0.39, 0.29) is 11.3 Å². The van der Waals surface area contributed by atoms with E-state index < -0.39 is 0 Å². The van der Waals surface area contributed by atoms with Crippen LogP contribution in [0, 0.1) is 0 Å². The fraction of sp³-hybridized carbons (Fsp3) is 0.632. The number of hydrogen-bond acceptors (Lipinski definition) is 2. The second-order valence-corrected chi connectivity index (χ2v) is 6.97. The summed E-state index contributed by atoms with van der Waals surface area (Å²) in [5.74, 6) is 0.0979. The summed E-state index contributed by atoms with van der Waals surface area (Å²) in [5, 5.41) is 2.99. The highest BCUT2D eigenvalue weighted by Crippen LogP contribution is 2.23. The molecule has 0 radical (unpaired) electrons. The predicted molar refractivity (Wildman–Crippen MR) is 95.4 cm³/mol. The molecule has 1 aromatic carbocycles. The Balaban J connectivity index is 2.47. The number of amides is 1. The zero-order valence-electron chi connectivity index (χ0n) is 14.9. The molecule has 0 heterocycles. The maximum Gasteiger partial charge on any atom is 0.225 e. The number of nitrogens with zero attached hydrogens (tertiary/aromatic N) is 1. The molecular weight excluding hydrogens is 272 g/mol. The van der Waals surface area contributed by atoms with E-state index in [0.29, 0.717) is 6.42 Å². The average Bonchev–Trinajstić information content (AvgIpc) is 2.45. The monoisotopic (exact) mass is 304 g/mol. The molecule has 0 aliphatic rings. The Morgan fingerprint density at radius 1 is 1.00 bits per heavy atom. The second kappa shape index (κ2) is 8.94. The summed E-state index contributed by atoms with van der Waals surface area (Å²) in [6.07, 6.45) is 2.83. The van der Waals surface area contributed by atoms with Crippen LogP contribution >= 0.6 is 0 Å². The van der Waals surface area contributed by atoms with Crippen molar-refractivity contribution >= 4 is 11.6 Å². The van der Waals surface area contributed by atoms with Gasteiger partial charge >= 0.3 is 0 Å². The molecule has 1 rings (SSSR count). The molecule has 0 aliphatic heterocycles. The predicted octanol–water partition coefficient (Wildman–Crippen LogP) is 4.43. The molecule has 1 N–H and O–H groups in total. The van der Waals surface area contributed by atoms with Crippen LogP contribution < -0.4 is 5.32 Å². The van der Waals surface area contributed by atoms with Gasteiger partial charge in [-0.1, -0.05) is 46.8 Å². The van der Waals surface area contributed by atoms with Crippen LogP contribution in [0.25, 0.3) is 0 Å². The zero-order valence-corrected chi connectivity index (χ0v) is 14.9. The highest BCUT2D eigenvalue weighted by Gasteiger charge is 2.13. The van der Waals surface area contributed by atoms with Gasteiger partial charge in [-0.2, -0.15) is 0 Å². The molecule has 1 amide bonds. The van der Waals surface area contributed by atoms with Crippen LogP contribution in [0.5, 0.6) is 0 Å². The molecule has 0 aliphatic carbocycles. The molecule has 124 valence electrons. The molecule has 1 aromatic rings. The Morgan fingerprint density at radius 3 is 2.00 bits per heavy atom. The van der Waals surface area contributed by atoms with Crippen molar-refractivity contribution < 1.29 is 4.79 Å². The first kappa shape index (κ1) is 18.7. The van der Waals surface area contributed by atoms with Gasteiger partial charge in [-0.3, -0.25) is 4.79 Å². The van der Waals surface area contributed by atoms with Crippen LogP contribution in [-0.4, -0.2) is 30.4 Å². The van der Waals surface area contributed by atoms with Crippen molar-refractivity contribution in [2.24, 2.45) is 0 Å². The third-order valence-electron chi connectivity index (χ3n) is 3.77. The Kier molecular flexibility index (Phi) is 7.60. The summed E-state index contributed by atoms with van der Waals surface area (Å²) in [7, 11) is 0. The molecular formula is C19H32N2O. The molecule has 0 saturated heterocycles. The molecule has 0 atom stereocenters. The third kappa shape index (κ3) is 6.61. The van der Waals surface area contributed by atoms with Crippen LogP contribution in [0.3, 0.4) is 0 Å². The van der Waals surface area contributed by atoms with Gasteiger partial charge in [0.05, 0.1) is 0 Å². The molecule has 3 heteroatoms. The van der Waals surface area contributed by atoms with Crippen molar-refractivity contribution in [2.45, 2.75) is 59.3 Å². The van der Waals surface area contributed by atoms with Crippen molar-refractivity contribution in [3.05, 3.63) is 29.8 Å². The Bertz CT molecular complexity index is 439. The lowest BCUT2D eigenvalue weighted by molar-refractivity contribution is -0.116. The van der Waals surface area contributed by atoms with E-state index in [9.17, 15) is 4.79 Å². The van der Waals surface area contributed by atoms with Crippen molar-refractivity contribution in [3.63, 3.8) is 0 Å². The van der Waals surface area contributed by atoms with Crippen LogP contribution in [-0.2, 0) is 10.2 Å². The van der Waals surface area contributed by atoms with E-state index in [2.05, 4.69) is 57.0 Å². The fourth-order valence-electron chi connectivity index (χ4n) is 2.50.